The standard InChI is InChI=1S/C17H26N2O2/c1-17(2,13-9-11-18-12-10-13)21-16(20)14-7-5-6-8-15(14)19(3)4/h5-8,13,18H,9-12H2,1-4H3. The summed E-state index contributed by atoms with van der Waals surface area (Å²) in [5, 5.41) is 3.35. The lowest BCUT2D eigenvalue weighted by Gasteiger charge is -2.37. The first-order chi connectivity index (χ1) is 9.92. The summed E-state index contributed by atoms with van der Waals surface area (Å²) in [5.41, 5.74) is 1.09. The highest BCUT2D eigenvalue weighted by Gasteiger charge is 2.34. The van der Waals surface area contributed by atoms with Gasteiger partial charge in [0.25, 0.3) is 0 Å². The first kappa shape index (κ1) is 15.8. The van der Waals surface area contributed by atoms with Crippen molar-refractivity contribution in [3.8, 4) is 0 Å². The van der Waals surface area contributed by atoms with E-state index in [0.29, 0.717) is 11.5 Å². The Kier molecular flexibility index (Phi) is 4.88. The van der Waals surface area contributed by atoms with Crippen LogP contribution in [0.3, 0.4) is 0 Å². The summed E-state index contributed by atoms with van der Waals surface area (Å²) in [6.07, 6.45) is 2.10. The van der Waals surface area contributed by atoms with Gasteiger partial charge >= 0.3 is 5.97 Å². The molecule has 1 aromatic carbocycles. The zero-order valence-electron chi connectivity index (χ0n) is 13.5. The minimum Gasteiger partial charge on any atom is -0.456 e. The van der Waals surface area contributed by atoms with Crippen LogP contribution in [0, 0.1) is 5.92 Å². The Hall–Kier alpha value is -1.55. The van der Waals surface area contributed by atoms with Gasteiger partial charge in [0.15, 0.2) is 0 Å². The van der Waals surface area contributed by atoms with E-state index in [9.17, 15) is 4.79 Å². The maximum Gasteiger partial charge on any atom is 0.340 e. The molecule has 0 bridgehead atoms. The average Bonchev–Trinajstić information content (AvgIpc) is 2.47. The molecule has 0 unspecified atom stereocenters. The lowest BCUT2D eigenvalue weighted by atomic mass is 9.83. The molecule has 0 radical (unpaired) electrons. The van der Waals surface area contributed by atoms with Gasteiger partial charge in [0, 0.05) is 20.0 Å². The molecular formula is C17H26N2O2. The van der Waals surface area contributed by atoms with Crippen LogP contribution >= 0.6 is 0 Å². The number of carbonyl (C=O) groups is 1. The predicted octanol–water partition coefficient (Wildman–Crippen LogP) is 2.69. The molecule has 4 heteroatoms. The highest BCUT2D eigenvalue weighted by Crippen LogP contribution is 2.31. The van der Waals surface area contributed by atoms with Crippen molar-refractivity contribution in [1.29, 1.82) is 0 Å². The van der Waals surface area contributed by atoms with Gasteiger partial charge in [-0.2, -0.15) is 0 Å². The van der Waals surface area contributed by atoms with Gasteiger partial charge in [-0.05, 0) is 51.9 Å². The molecule has 1 heterocycles. The van der Waals surface area contributed by atoms with Gasteiger partial charge in [0.05, 0.1) is 11.3 Å². The van der Waals surface area contributed by atoms with Gasteiger partial charge in [-0.15, -0.1) is 0 Å². The van der Waals surface area contributed by atoms with Crippen LogP contribution in [-0.2, 0) is 4.74 Å². The number of para-hydroxylation sites is 1. The summed E-state index contributed by atoms with van der Waals surface area (Å²) < 4.78 is 5.86. The topological polar surface area (TPSA) is 41.6 Å². The van der Waals surface area contributed by atoms with Crippen LogP contribution in [0.1, 0.15) is 37.0 Å². The van der Waals surface area contributed by atoms with E-state index in [1.807, 2.05) is 57.1 Å². The highest BCUT2D eigenvalue weighted by molar-refractivity contribution is 5.96. The van der Waals surface area contributed by atoms with Crippen LogP contribution in [-0.4, -0.2) is 38.8 Å². The third-order valence-electron chi connectivity index (χ3n) is 4.28. The fourth-order valence-electron chi connectivity index (χ4n) is 2.93. The Bertz CT molecular complexity index is 491. The van der Waals surface area contributed by atoms with E-state index in [2.05, 4.69) is 5.32 Å². The molecule has 1 N–H and O–H groups in total. The zero-order chi connectivity index (χ0) is 15.5. The van der Waals surface area contributed by atoms with Gasteiger partial charge in [0.1, 0.15) is 5.60 Å². The molecule has 0 aromatic heterocycles. The van der Waals surface area contributed by atoms with E-state index in [1.54, 1.807) is 0 Å². The van der Waals surface area contributed by atoms with Gasteiger partial charge < -0.3 is 15.0 Å². The molecule has 1 fully saturated rings. The summed E-state index contributed by atoms with van der Waals surface area (Å²) in [4.78, 5) is 14.5. The third-order valence-corrected chi connectivity index (χ3v) is 4.28. The summed E-state index contributed by atoms with van der Waals surface area (Å²) >= 11 is 0. The first-order valence-corrected chi connectivity index (χ1v) is 7.62. The summed E-state index contributed by atoms with van der Waals surface area (Å²) in [7, 11) is 3.87. The fraction of sp³-hybridized carbons (Fsp3) is 0.588. The number of rotatable bonds is 4. The SMILES string of the molecule is CN(C)c1ccccc1C(=O)OC(C)(C)C1CCNCC1. The average molecular weight is 290 g/mol. The Morgan fingerprint density at radius 1 is 1.24 bits per heavy atom. The van der Waals surface area contributed by atoms with Crippen molar-refractivity contribution in [2.24, 2.45) is 5.92 Å². The second-order valence-corrected chi connectivity index (χ2v) is 6.43. The summed E-state index contributed by atoms with van der Waals surface area (Å²) in [5.74, 6) is 0.178. The lowest BCUT2D eigenvalue weighted by Crippen LogP contribution is -2.42. The minimum atomic E-state index is -0.432. The van der Waals surface area contributed by atoms with Crippen LogP contribution in [0.25, 0.3) is 0 Å². The summed E-state index contributed by atoms with van der Waals surface area (Å²) in [6, 6.07) is 7.58. The van der Waals surface area contributed by atoms with E-state index in [4.69, 9.17) is 4.74 Å². The van der Waals surface area contributed by atoms with Crippen LogP contribution < -0.4 is 10.2 Å². The number of esters is 1. The number of hydrogen-bond acceptors (Lipinski definition) is 4. The molecular weight excluding hydrogens is 264 g/mol. The lowest BCUT2D eigenvalue weighted by molar-refractivity contribution is -0.0367. The molecule has 1 aliphatic rings. The second-order valence-electron chi connectivity index (χ2n) is 6.43. The largest absolute Gasteiger partial charge is 0.456 e. The van der Waals surface area contributed by atoms with Crippen molar-refractivity contribution in [3.63, 3.8) is 0 Å². The van der Waals surface area contributed by atoms with Gasteiger partial charge in [-0.25, -0.2) is 4.79 Å². The maximum atomic E-state index is 12.6. The molecule has 0 spiro atoms. The number of nitrogens with zero attached hydrogens (tertiary/aromatic N) is 1. The molecule has 4 nitrogen and oxygen atoms in total. The molecule has 1 aromatic rings. The van der Waals surface area contributed by atoms with Crippen molar-refractivity contribution in [3.05, 3.63) is 29.8 Å². The smallest absolute Gasteiger partial charge is 0.340 e. The van der Waals surface area contributed by atoms with Crippen LogP contribution in [0.5, 0.6) is 0 Å². The number of ether oxygens (including phenoxy) is 1. The second kappa shape index (κ2) is 6.48. The number of nitrogens with one attached hydrogen (secondary N) is 1. The van der Waals surface area contributed by atoms with Crippen LogP contribution in [0.4, 0.5) is 5.69 Å². The van der Waals surface area contributed by atoms with E-state index >= 15 is 0 Å². The van der Waals surface area contributed by atoms with E-state index in [0.717, 1.165) is 31.6 Å². The van der Waals surface area contributed by atoms with Crippen molar-refractivity contribution in [1.82, 2.24) is 5.32 Å². The normalized spacial score (nSPS) is 16.6. The minimum absolute atomic E-state index is 0.233. The number of hydrogen-bond donors (Lipinski definition) is 1. The third kappa shape index (κ3) is 3.76. The monoisotopic (exact) mass is 290 g/mol. The van der Waals surface area contributed by atoms with Crippen LogP contribution in [0.15, 0.2) is 24.3 Å². The molecule has 2 rings (SSSR count). The number of piperidine rings is 1. The van der Waals surface area contributed by atoms with Crippen molar-refractivity contribution in [2.45, 2.75) is 32.3 Å². The zero-order valence-corrected chi connectivity index (χ0v) is 13.5. The molecule has 0 amide bonds. The van der Waals surface area contributed by atoms with E-state index in [1.165, 1.54) is 0 Å². The Balaban J connectivity index is 2.13. The van der Waals surface area contributed by atoms with Crippen molar-refractivity contribution >= 4 is 11.7 Å². The molecule has 0 aliphatic carbocycles. The molecule has 0 saturated carbocycles. The molecule has 1 saturated heterocycles. The number of carbonyl (C=O) groups excluding carboxylic acids is 1. The predicted molar refractivity (Wildman–Crippen MR) is 85.9 cm³/mol. The molecule has 1 aliphatic heterocycles. The Labute approximate surface area is 127 Å². The van der Waals surface area contributed by atoms with Crippen molar-refractivity contribution in [2.75, 3.05) is 32.1 Å². The highest BCUT2D eigenvalue weighted by atomic mass is 16.6. The van der Waals surface area contributed by atoms with Gasteiger partial charge in [0.2, 0.25) is 0 Å². The van der Waals surface area contributed by atoms with Gasteiger partial charge in [-0.3, -0.25) is 0 Å². The molecule has 21 heavy (non-hydrogen) atoms. The Morgan fingerprint density at radius 3 is 2.48 bits per heavy atom. The van der Waals surface area contributed by atoms with Crippen LogP contribution in [0.2, 0.25) is 0 Å². The quantitative estimate of drug-likeness (QED) is 0.866. The van der Waals surface area contributed by atoms with Gasteiger partial charge in [-0.1, -0.05) is 12.1 Å². The summed E-state index contributed by atoms with van der Waals surface area (Å²) in [6.45, 7) is 6.05. The molecule has 116 valence electrons. The van der Waals surface area contributed by atoms with Crippen molar-refractivity contribution < 1.29 is 9.53 Å². The number of benzene rings is 1. The first-order valence-electron chi connectivity index (χ1n) is 7.62. The molecule has 0 atom stereocenters. The Morgan fingerprint density at radius 2 is 1.86 bits per heavy atom. The fourth-order valence-corrected chi connectivity index (χ4v) is 2.93. The maximum absolute atomic E-state index is 12.6. The van der Waals surface area contributed by atoms with E-state index in [-0.39, 0.29) is 5.97 Å². The van der Waals surface area contributed by atoms with E-state index < -0.39 is 5.60 Å². The number of anilines is 1.